The summed E-state index contributed by atoms with van der Waals surface area (Å²) in [6.07, 6.45) is 0. The van der Waals surface area contributed by atoms with Crippen molar-refractivity contribution in [1.82, 2.24) is 5.32 Å². The molecule has 0 spiro atoms. The zero-order valence-corrected chi connectivity index (χ0v) is 12.2. The quantitative estimate of drug-likeness (QED) is 0.341. The molecule has 0 bridgehead atoms. The molecule has 0 aliphatic rings. The molecule has 1 rings (SSSR count). The van der Waals surface area contributed by atoms with Gasteiger partial charge in [-0.15, -0.1) is 0 Å². The molecule has 0 aromatic heterocycles. The lowest BCUT2D eigenvalue weighted by molar-refractivity contribution is 0.346. The second-order valence-corrected chi connectivity index (χ2v) is 3.92. The highest BCUT2D eigenvalue weighted by molar-refractivity contribution is 5.52. The van der Waals surface area contributed by atoms with Crippen LogP contribution < -0.4 is 19.5 Å². The van der Waals surface area contributed by atoms with Gasteiger partial charge < -0.3 is 14.2 Å². The van der Waals surface area contributed by atoms with E-state index < -0.39 is 6.04 Å². The topological polar surface area (TPSA) is 112 Å². The number of ether oxygens (including phenoxy) is 3. The fourth-order valence-corrected chi connectivity index (χ4v) is 1.81. The number of rotatable bonds is 8. The zero-order valence-electron chi connectivity index (χ0n) is 12.2. The molecule has 21 heavy (non-hydrogen) atoms. The van der Waals surface area contributed by atoms with Crippen LogP contribution in [-0.4, -0.2) is 34.4 Å². The van der Waals surface area contributed by atoms with Gasteiger partial charge >= 0.3 is 0 Å². The molecule has 112 valence electrons. The lowest BCUT2D eigenvalue weighted by Crippen LogP contribution is -2.23. The van der Waals surface area contributed by atoms with Crippen LogP contribution in [0.25, 0.3) is 10.4 Å². The van der Waals surface area contributed by atoms with Crippen molar-refractivity contribution < 1.29 is 14.2 Å². The standard InChI is InChI=1S/C13H17N5O3/c1-19-11-7-13(21-3)12(20-2)6-9(11)10(8-14)16-4-5-17-18-15/h6-7,10,16H,4-5H2,1-3H3. The Morgan fingerprint density at radius 2 is 1.86 bits per heavy atom. The minimum atomic E-state index is -0.617. The van der Waals surface area contributed by atoms with E-state index in [1.165, 1.54) is 21.3 Å². The number of nitrogens with zero attached hydrogens (tertiary/aromatic N) is 4. The minimum absolute atomic E-state index is 0.254. The summed E-state index contributed by atoms with van der Waals surface area (Å²) in [7, 11) is 4.56. The molecule has 1 aromatic rings. The number of benzene rings is 1. The van der Waals surface area contributed by atoms with E-state index in [1.807, 2.05) is 0 Å². The Labute approximate surface area is 122 Å². The average molecular weight is 291 g/mol. The molecule has 0 radical (unpaired) electrons. The van der Waals surface area contributed by atoms with Crippen molar-refractivity contribution in [2.24, 2.45) is 5.11 Å². The SMILES string of the molecule is COc1cc(OC)c(C(C#N)NCCN=[N+]=[N-])cc1OC. The van der Waals surface area contributed by atoms with Crippen LogP contribution in [0.15, 0.2) is 17.2 Å². The number of azide groups is 1. The molecule has 0 heterocycles. The maximum atomic E-state index is 9.30. The van der Waals surface area contributed by atoms with Crippen LogP contribution in [0.5, 0.6) is 17.2 Å². The normalized spacial score (nSPS) is 11.0. The molecular formula is C13H17N5O3. The van der Waals surface area contributed by atoms with Crippen molar-refractivity contribution in [3.05, 3.63) is 28.1 Å². The van der Waals surface area contributed by atoms with Gasteiger partial charge in [0.05, 0.1) is 27.4 Å². The first-order valence-corrected chi connectivity index (χ1v) is 6.15. The Kier molecular flexibility index (Phi) is 6.68. The van der Waals surface area contributed by atoms with Crippen LogP contribution in [0.2, 0.25) is 0 Å². The first-order valence-electron chi connectivity index (χ1n) is 6.15. The molecule has 1 atom stereocenters. The third-order valence-corrected chi connectivity index (χ3v) is 2.80. The summed E-state index contributed by atoms with van der Waals surface area (Å²) in [6.45, 7) is 0.629. The number of hydrogen-bond acceptors (Lipinski definition) is 6. The predicted molar refractivity (Wildman–Crippen MR) is 76.5 cm³/mol. The summed E-state index contributed by atoms with van der Waals surface area (Å²) in [5, 5.41) is 15.7. The Balaban J connectivity index is 3.07. The zero-order chi connectivity index (χ0) is 15.7. The van der Waals surface area contributed by atoms with Crippen molar-refractivity contribution in [3.8, 4) is 23.3 Å². The summed E-state index contributed by atoms with van der Waals surface area (Å²) in [5.41, 5.74) is 8.85. The van der Waals surface area contributed by atoms with Gasteiger partial charge in [0, 0.05) is 29.6 Å². The summed E-state index contributed by atoms with van der Waals surface area (Å²) < 4.78 is 15.7. The molecule has 0 aliphatic heterocycles. The van der Waals surface area contributed by atoms with Crippen LogP contribution in [-0.2, 0) is 0 Å². The Bertz CT molecular complexity index is 564. The molecular weight excluding hydrogens is 274 g/mol. The molecule has 8 heteroatoms. The smallest absolute Gasteiger partial charge is 0.164 e. The maximum Gasteiger partial charge on any atom is 0.164 e. The number of hydrogen-bond donors (Lipinski definition) is 1. The molecule has 0 amide bonds. The number of nitriles is 1. The molecule has 0 saturated carbocycles. The van der Waals surface area contributed by atoms with Gasteiger partial charge in [0.2, 0.25) is 0 Å². The minimum Gasteiger partial charge on any atom is -0.496 e. The van der Waals surface area contributed by atoms with E-state index in [-0.39, 0.29) is 6.54 Å². The first kappa shape index (κ1) is 16.4. The van der Waals surface area contributed by atoms with Crippen LogP contribution in [0.1, 0.15) is 11.6 Å². The highest BCUT2D eigenvalue weighted by Crippen LogP contribution is 2.37. The largest absolute Gasteiger partial charge is 0.496 e. The molecule has 0 saturated heterocycles. The van der Waals surface area contributed by atoms with Gasteiger partial charge in [-0.25, -0.2) is 0 Å². The fraction of sp³-hybridized carbons (Fsp3) is 0.462. The van der Waals surface area contributed by atoms with Gasteiger partial charge in [-0.05, 0) is 11.6 Å². The van der Waals surface area contributed by atoms with Gasteiger partial charge in [-0.2, -0.15) is 5.26 Å². The molecule has 1 aromatic carbocycles. The summed E-state index contributed by atoms with van der Waals surface area (Å²) in [4.78, 5) is 2.66. The van der Waals surface area contributed by atoms with Gasteiger partial charge in [0.25, 0.3) is 0 Å². The van der Waals surface area contributed by atoms with Crippen LogP contribution >= 0.6 is 0 Å². The molecule has 8 nitrogen and oxygen atoms in total. The third kappa shape index (κ3) is 4.18. The summed E-state index contributed by atoms with van der Waals surface area (Å²) in [5.74, 6) is 1.53. The third-order valence-electron chi connectivity index (χ3n) is 2.80. The van der Waals surface area contributed by atoms with E-state index in [1.54, 1.807) is 12.1 Å². The van der Waals surface area contributed by atoms with E-state index >= 15 is 0 Å². The van der Waals surface area contributed by atoms with Gasteiger partial charge in [0.15, 0.2) is 11.5 Å². The second-order valence-electron chi connectivity index (χ2n) is 3.92. The Hall–Kier alpha value is -2.62. The van der Waals surface area contributed by atoms with E-state index in [0.717, 1.165) is 0 Å². The van der Waals surface area contributed by atoms with Crippen molar-refractivity contribution >= 4 is 0 Å². The molecule has 0 aliphatic carbocycles. The number of methoxy groups -OCH3 is 3. The maximum absolute atomic E-state index is 9.30. The van der Waals surface area contributed by atoms with Crippen molar-refractivity contribution in [1.29, 1.82) is 5.26 Å². The lowest BCUT2D eigenvalue weighted by atomic mass is 10.1. The number of nitrogens with one attached hydrogen (secondary N) is 1. The highest BCUT2D eigenvalue weighted by Gasteiger charge is 2.19. The molecule has 0 fully saturated rings. The van der Waals surface area contributed by atoms with Crippen LogP contribution in [0.4, 0.5) is 0 Å². The van der Waals surface area contributed by atoms with Crippen LogP contribution in [0.3, 0.4) is 0 Å². The van der Waals surface area contributed by atoms with E-state index in [0.29, 0.717) is 29.4 Å². The van der Waals surface area contributed by atoms with E-state index in [9.17, 15) is 5.26 Å². The lowest BCUT2D eigenvalue weighted by Gasteiger charge is -2.17. The first-order chi connectivity index (χ1) is 10.2. The Morgan fingerprint density at radius 3 is 2.38 bits per heavy atom. The van der Waals surface area contributed by atoms with Crippen molar-refractivity contribution in [3.63, 3.8) is 0 Å². The average Bonchev–Trinajstić information content (AvgIpc) is 2.53. The van der Waals surface area contributed by atoms with E-state index in [2.05, 4.69) is 21.4 Å². The van der Waals surface area contributed by atoms with Crippen molar-refractivity contribution in [2.45, 2.75) is 6.04 Å². The Morgan fingerprint density at radius 1 is 1.24 bits per heavy atom. The summed E-state index contributed by atoms with van der Waals surface area (Å²) >= 11 is 0. The van der Waals surface area contributed by atoms with Gasteiger partial charge in [-0.1, -0.05) is 5.11 Å². The molecule has 1 N–H and O–H groups in total. The predicted octanol–water partition coefficient (Wildman–Crippen LogP) is 2.18. The monoisotopic (exact) mass is 291 g/mol. The highest BCUT2D eigenvalue weighted by atomic mass is 16.5. The molecule has 1 unspecified atom stereocenters. The van der Waals surface area contributed by atoms with Crippen molar-refractivity contribution in [2.75, 3.05) is 34.4 Å². The fourth-order valence-electron chi connectivity index (χ4n) is 1.81. The van der Waals surface area contributed by atoms with Gasteiger partial charge in [0.1, 0.15) is 11.8 Å². The van der Waals surface area contributed by atoms with Gasteiger partial charge in [-0.3, -0.25) is 5.32 Å². The van der Waals surface area contributed by atoms with Crippen LogP contribution in [0, 0.1) is 11.3 Å². The second kappa shape index (κ2) is 8.53. The summed E-state index contributed by atoms with van der Waals surface area (Å²) in [6, 6.07) is 4.87. The van der Waals surface area contributed by atoms with E-state index in [4.69, 9.17) is 19.7 Å².